The third-order valence-electron chi connectivity index (χ3n) is 3.68. The second-order valence-electron chi connectivity index (χ2n) is 5.30. The van der Waals surface area contributed by atoms with Gasteiger partial charge in [-0.15, -0.1) is 5.10 Å². The number of hydrogen-bond donors (Lipinski definition) is 3. The zero-order valence-corrected chi connectivity index (χ0v) is 12.3. The Hall–Kier alpha value is -3.09. The minimum absolute atomic E-state index is 0.197. The van der Waals surface area contributed by atoms with Gasteiger partial charge in [-0.05, 0) is 42.3 Å². The SMILES string of the molecule is Oc1ccc(-c2nnc(NCc3ccc4c(n3)NCC4)o2)cc1. The lowest BCUT2D eigenvalue weighted by molar-refractivity contribution is 0.475. The van der Waals surface area contributed by atoms with Crippen molar-refractivity contribution in [1.29, 1.82) is 0 Å². The van der Waals surface area contributed by atoms with Gasteiger partial charge < -0.3 is 20.2 Å². The number of nitrogens with zero attached hydrogens (tertiary/aromatic N) is 3. The minimum atomic E-state index is 0.197. The number of aromatic nitrogens is 3. The molecule has 0 aliphatic carbocycles. The van der Waals surface area contributed by atoms with E-state index in [2.05, 4.69) is 31.9 Å². The van der Waals surface area contributed by atoms with E-state index in [9.17, 15) is 5.11 Å². The molecule has 0 unspecified atom stereocenters. The molecule has 0 radical (unpaired) electrons. The van der Waals surface area contributed by atoms with Gasteiger partial charge in [-0.2, -0.15) is 0 Å². The molecule has 0 bridgehead atoms. The Kier molecular flexibility index (Phi) is 3.30. The number of hydrogen-bond acceptors (Lipinski definition) is 7. The first-order valence-electron chi connectivity index (χ1n) is 7.37. The van der Waals surface area contributed by atoms with E-state index in [4.69, 9.17) is 4.42 Å². The van der Waals surface area contributed by atoms with Gasteiger partial charge in [-0.1, -0.05) is 11.2 Å². The van der Waals surface area contributed by atoms with Crippen LogP contribution >= 0.6 is 0 Å². The number of anilines is 2. The zero-order valence-electron chi connectivity index (χ0n) is 12.3. The molecule has 4 rings (SSSR count). The van der Waals surface area contributed by atoms with Crippen molar-refractivity contribution in [1.82, 2.24) is 15.2 Å². The molecule has 1 aliphatic rings. The molecule has 1 aromatic carbocycles. The normalized spacial score (nSPS) is 12.7. The van der Waals surface area contributed by atoms with E-state index >= 15 is 0 Å². The average Bonchev–Trinajstić information content (AvgIpc) is 3.22. The van der Waals surface area contributed by atoms with Crippen molar-refractivity contribution in [3.8, 4) is 17.2 Å². The topological polar surface area (TPSA) is 96.1 Å². The maximum absolute atomic E-state index is 9.29. The molecule has 116 valence electrons. The number of phenolic OH excluding ortho intramolecular Hbond substituents is 1. The van der Waals surface area contributed by atoms with Gasteiger partial charge in [0, 0.05) is 12.1 Å². The Morgan fingerprint density at radius 2 is 2.00 bits per heavy atom. The van der Waals surface area contributed by atoms with Crippen molar-refractivity contribution in [2.24, 2.45) is 0 Å². The van der Waals surface area contributed by atoms with Gasteiger partial charge in [0.1, 0.15) is 11.6 Å². The van der Waals surface area contributed by atoms with Crippen molar-refractivity contribution in [3.05, 3.63) is 47.7 Å². The highest BCUT2D eigenvalue weighted by molar-refractivity contribution is 5.54. The van der Waals surface area contributed by atoms with Gasteiger partial charge in [-0.25, -0.2) is 4.98 Å². The lowest BCUT2D eigenvalue weighted by Crippen LogP contribution is -2.03. The molecule has 0 saturated heterocycles. The van der Waals surface area contributed by atoms with Crippen molar-refractivity contribution in [2.75, 3.05) is 17.2 Å². The summed E-state index contributed by atoms with van der Waals surface area (Å²) in [6.07, 6.45) is 1.02. The number of nitrogens with one attached hydrogen (secondary N) is 2. The van der Waals surface area contributed by atoms with Gasteiger partial charge in [0.05, 0.1) is 12.2 Å². The number of benzene rings is 1. The third-order valence-corrected chi connectivity index (χ3v) is 3.68. The fraction of sp³-hybridized carbons (Fsp3) is 0.188. The quantitative estimate of drug-likeness (QED) is 0.681. The zero-order chi connectivity index (χ0) is 15.6. The molecular formula is C16H15N5O2. The van der Waals surface area contributed by atoms with E-state index < -0.39 is 0 Å². The summed E-state index contributed by atoms with van der Waals surface area (Å²) in [5.74, 6) is 1.55. The Balaban J connectivity index is 1.44. The summed E-state index contributed by atoms with van der Waals surface area (Å²) in [7, 11) is 0. The lowest BCUT2D eigenvalue weighted by atomic mass is 10.2. The molecule has 0 atom stereocenters. The molecule has 23 heavy (non-hydrogen) atoms. The summed E-state index contributed by atoms with van der Waals surface area (Å²) >= 11 is 0. The van der Waals surface area contributed by atoms with Crippen LogP contribution < -0.4 is 10.6 Å². The summed E-state index contributed by atoms with van der Waals surface area (Å²) in [4.78, 5) is 4.55. The van der Waals surface area contributed by atoms with E-state index in [0.717, 1.165) is 30.0 Å². The standard InChI is InChI=1S/C16H15N5O2/c22-13-5-2-11(3-6-13)15-20-21-16(23-15)18-9-12-4-1-10-7-8-17-14(10)19-12/h1-6,22H,7-9H2,(H,17,19)(H,18,21). The van der Waals surface area contributed by atoms with Crippen LogP contribution in [0.15, 0.2) is 40.8 Å². The van der Waals surface area contributed by atoms with Crippen molar-refractivity contribution < 1.29 is 9.52 Å². The fourth-order valence-corrected chi connectivity index (χ4v) is 2.48. The average molecular weight is 309 g/mol. The van der Waals surface area contributed by atoms with Crippen LogP contribution in [0.1, 0.15) is 11.3 Å². The maximum atomic E-state index is 9.29. The van der Waals surface area contributed by atoms with Crippen LogP contribution in [0.3, 0.4) is 0 Å². The van der Waals surface area contributed by atoms with Crippen molar-refractivity contribution >= 4 is 11.8 Å². The molecule has 3 N–H and O–H groups in total. The smallest absolute Gasteiger partial charge is 0.316 e. The second kappa shape index (κ2) is 5.60. The van der Waals surface area contributed by atoms with Crippen LogP contribution in [0.25, 0.3) is 11.5 Å². The van der Waals surface area contributed by atoms with E-state index in [1.165, 1.54) is 5.56 Å². The summed E-state index contributed by atoms with van der Waals surface area (Å²) in [5.41, 5.74) is 2.91. The first-order valence-corrected chi connectivity index (χ1v) is 7.37. The molecular weight excluding hydrogens is 294 g/mol. The molecule has 0 spiro atoms. The summed E-state index contributed by atoms with van der Waals surface area (Å²) < 4.78 is 5.57. The van der Waals surface area contributed by atoms with Gasteiger partial charge in [0.15, 0.2) is 0 Å². The molecule has 1 aliphatic heterocycles. The number of pyridine rings is 1. The second-order valence-corrected chi connectivity index (χ2v) is 5.30. The number of phenols is 1. The molecule has 3 aromatic rings. The first kappa shape index (κ1) is 13.6. The summed E-state index contributed by atoms with van der Waals surface area (Å²) in [6, 6.07) is 11.0. The molecule has 3 heterocycles. The summed E-state index contributed by atoms with van der Waals surface area (Å²) in [5, 5.41) is 23.6. The number of fused-ring (bicyclic) bond motifs is 1. The minimum Gasteiger partial charge on any atom is -0.508 e. The molecule has 7 nitrogen and oxygen atoms in total. The molecule has 7 heteroatoms. The van der Waals surface area contributed by atoms with Crippen LogP contribution in [-0.4, -0.2) is 26.8 Å². The van der Waals surface area contributed by atoms with E-state index in [1.54, 1.807) is 24.3 Å². The van der Waals surface area contributed by atoms with Crippen LogP contribution in [0.4, 0.5) is 11.8 Å². The van der Waals surface area contributed by atoms with E-state index in [0.29, 0.717) is 18.5 Å². The predicted molar refractivity (Wildman–Crippen MR) is 85.2 cm³/mol. The number of aromatic hydroxyl groups is 1. The Morgan fingerprint density at radius 1 is 1.13 bits per heavy atom. The predicted octanol–water partition coefficient (Wildman–Crippen LogP) is 2.42. The first-order chi connectivity index (χ1) is 11.3. The lowest BCUT2D eigenvalue weighted by Gasteiger charge is -2.04. The molecule has 0 saturated carbocycles. The van der Waals surface area contributed by atoms with Gasteiger partial charge in [0.25, 0.3) is 0 Å². The highest BCUT2D eigenvalue weighted by Gasteiger charge is 2.12. The molecule has 2 aromatic heterocycles. The maximum Gasteiger partial charge on any atom is 0.316 e. The van der Waals surface area contributed by atoms with Crippen molar-refractivity contribution in [3.63, 3.8) is 0 Å². The Bertz CT molecular complexity index is 829. The van der Waals surface area contributed by atoms with Crippen LogP contribution in [-0.2, 0) is 13.0 Å². The Labute approximate surface area is 132 Å². The highest BCUT2D eigenvalue weighted by atomic mass is 16.4. The number of rotatable bonds is 4. The summed E-state index contributed by atoms with van der Waals surface area (Å²) in [6.45, 7) is 1.45. The Morgan fingerprint density at radius 3 is 2.87 bits per heavy atom. The third kappa shape index (κ3) is 2.80. The van der Waals surface area contributed by atoms with Crippen LogP contribution in [0.2, 0.25) is 0 Å². The van der Waals surface area contributed by atoms with E-state index in [-0.39, 0.29) is 5.75 Å². The highest BCUT2D eigenvalue weighted by Crippen LogP contribution is 2.23. The molecule has 0 fully saturated rings. The van der Waals surface area contributed by atoms with Crippen molar-refractivity contribution in [2.45, 2.75) is 13.0 Å². The van der Waals surface area contributed by atoms with Crippen LogP contribution in [0, 0.1) is 0 Å². The van der Waals surface area contributed by atoms with Gasteiger partial charge in [-0.3, -0.25) is 0 Å². The molecule has 0 amide bonds. The fourth-order valence-electron chi connectivity index (χ4n) is 2.48. The van der Waals surface area contributed by atoms with Gasteiger partial charge in [0.2, 0.25) is 5.89 Å². The van der Waals surface area contributed by atoms with Crippen LogP contribution in [0.5, 0.6) is 5.75 Å². The largest absolute Gasteiger partial charge is 0.508 e. The monoisotopic (exact) mass is 309 g/mol. The van der Waals surface area contributed by atoms with E-state index in [1.807, 2.05) is 6.07 Å². The van der Waals surface area contributed by atoms with Gasteiger partial charge >= 0.3 is 6.01 Å².